The monoisotopic (exact) mass is 172 g/mol. The van der Waals surface area contributed by atoms with Crippen LogP contribution in [0.3, 0.4) is 0 Å². The molecule has 0 bridgehead atoms. The van der Waals surface area contributed by atoms with Crippen LogP contribution in [-0.2, 0) is 0 Å². The van der Waals surface area contributed by atoms with Crippen LogP contribution < -0.4 is 51.4 Å². The summed E-state index contributed by atoms with van der Waals surface area (Å²) < 4.78 is 0. The van der Waals surface area contributed by atoms with Gasteiger partial charge in [-0.05, 0) is 17.7 Å². The smallest absolute Gasteiger partial charge is 0.508 e. The van der Waals surface area contributed by atoms with Crippen molar-refractivity contribution >= 4 is 0 Å². The van der Waals surface area contributed by atoms with Gasteiger partial charge in [-0.1, -0.05) is 18.2 Å². The Kier molecular flexibility index (Phi) is 6.19. The fraction of sp³-hybridized carbons (Fsp3) is 0. The standard InChI is InChI=1S/C9H9O.K/c1-2-3-8-4-6-9(10)7-5-8;/h2-7,10H,1H2;/q;+1. The van der Waals surface area contributed by atoms with Crippen molar-refractivity contribution in [3.63, 3.8) is 0 Å². The third-order valence-electron chi connectivity index (χ3n) is 1.20. The van der Waals surface area contributed by atoms with Crippen LogP contribution >= 0.6 is 0 Å². The molecule has 0 atom stereocenters. The number of aromatic hydroxyl groups is 1. The second-order valence-corrected chi connectivity index (χ2v) is 1.99. The zero-order valence-corrected chi connectivity index (χ0v) is 9.74. The predicted octanol–water partition coefficient (Wildman–Crippen LogP) is -0.865. The molecule has 0 aliphatic rings. The van der Waals surface area contributed by atoms with Crippen molar-refractivity contribution in [1.29, 1.82) is 0 Å². The number of hydrogen-bond donors (Lipinski definition) is 1. The minimum Gasteiger partial charge on any atom is -0.508 e. The van der Waals surface area contributed by atoms with Crippen molar-refractivity contribution in [3.8, 4) is 5.75 Å². The number of benzene rings is 1. The fourth-order valence-corrected chi connectivity index (χ4v) is 0.722. The summed E-state index contributed by atoms with van der Waals surface area (Å²) in [6.45, 7) is 3.56. The van der Waals surface area contributed by atoms with Gasteiger partial charge in [0.25, 0.3) is 0 Å². The Morgan fingerprint density at radius 3 is 2.18 bits per heavy atom. The fourth-order valence-electron chi connectivity index (χ4n) is 0.722. The maximum absolute atomic E-state index is 8.89. The summed E-state index contributed by atoms with van der Waals surface area (Å²) in [6, 6.07) is 6.96. The zero-order valence-electron chi connectivity index (χ0n) is 6.62. The average Bonchev–Trinajstić information content (AvgIpc) is 1.95. The first kappa shape index (κ1) is 11.4. The topological polar surface area (TPSA) is 20.2 Å². The molecule has 0 saturated carbocycles. The number of rotatable bonds is 2. The molecule has 1 nitrogen and oxygen atoms in total. The normalized spacial score (nSPS) is 8.36. The van der Waals surface area contributed by atoms with Crippen LogP contribution in [0.5, 0.6) is 5.75 Å². The Balaban J connectivity index is 0.000001000. The maximum Gasteiger partial charge on any atom is 1.00 e. The van der Waals surface area contributed by atoms with Gasteiger partial charge in [-0.3, -0.25) is 0 Å². The summed E-state index contributed by atoms with van der Waals surface area (Å²) in [4.78, 5) is 0. The van der Waals surface area contributed by atoms with E-state index in [9.17, 15) is 0 Å². The van der Waals surface area contributed by atoms with E-state index < -0.39 is 0 Å². The molecule has 0 saturated heterocycles. The molecule has 0 heterocycles. The molecule has 1 rings (SSSR count). The van der Waals surface area contributed by atoms with Gasteiger partial charge in [0.05, 0.1) is 0 Å². The number of phenols is 1. The van der Waals surface area contributed by atoms with Gasteiger partial charge in [0, 0.05) is 6.42 Å². The third-order valence-corrected chi connectivity index (χ3v) is 1.20. The molecule has 11 heavy (non-hydrogen) atoms. The van der Waals surface area contributed by atoms with E-state index in [1.54, 1.807) is 18.2 Å². The SMILES string of the molecule is C=C[CH]c1ccc(O)cc1.[K+]. The van der Waals surface area contributed by atoms with E-state index in [0.717, 1.165) is 5.56 Å². The van der Waals surface area contributed by atoms with E-state index in [4.69, 9.17) is 5.11 Å². The summed E-state index contributed by atoms with van der Waals surface area (Å²) in [6.07, 6.45) is 3.59. The Labute approximate surface area is 110 Å². The van der Waals surface area contributed by atoms with Crippen LogP contribution in [0.25, 0.3) is 0 Å². The van der Waals surface area contributed by atoms with Crippen molar-refractivity contribution in [3.05, 3.63) is 48.9 Å². The molecule has 2 heteroatoms. The van der Waals surface area contributed by atoms with Crippen LogP contribution in [-0.4, -0.2) is 5.11 Å². The molecule has 0 unspecified atom stereocenters. The van der Waals surface area contributed by atoms with Crippen LogP contribution in [0.15, 0.2) is 36.9 Å². The second kappa shape index (κ2) is 5.97. The third kappa shape index (κ3) is 4.08. The molecule has 0 aliphatic carbocycles. The van der Waals surface area contributed by atoms with Gasteiger partial charge in [0.1, 0.15) is 5.75 Å². The molecule has 0 aliphatic heterocycles. The van der Waals surface area contributed by atoms with Gasteiger partial charge in [-0.15, -0.1) is 6.58 Å². The van der Waals surface area contributed by atoms with Crippen LogP contribution in [0.2, 0.25) is 0 Å². The summed E-state index contributed by atoms with van der Waals surface area (Å²) in [5, 5.41) is 8.89. The van der Waals surface area contributed by atoms with E-state index in [0.29, 0.717) is 5.75 Å². The van der Waals surface area contributed by atoms with Crippen molar-refractivity contribution in [2.75, 3.05) is 0 Å². The predicted molar refractivity (Wildman–Crippen MR) is 41.7 cm³/mol. The van der Waals surface area contributed by atoms with Gasteiger partial charge >= 0.3 is 51.4 Å². The Morgan fingerprint density at radius 2 is 1.73 bits per heavy atom. The molecule has 0 fully saturated rings. The minimum absolute atomic E-state index is 0. The van der Waals surface area contributed by atoms with Crippen molar-refractivity contribution in [2.45, 2.75) is 0 Å². The largest absolute Gasteiger partial charge is 1.00 e. The number of allylic oxidation sites excluding steroid dienone is 1. The van der Waals surface area contributed by atoms with Crippen molar-refractivity contribution in [1.82, 2.24) is 0 Å². The minimum atomic E-state index is 0. The van der Waals surface area contributed by atoms with Crippen molar-refractivity contribution in [2.24, 2.45) is 0 Å². The van der Waals surface area contributed by atoms with Gasteiger partial charge in [0.2, 0.25) is 0 Å². The van der Waals surface area contributed by atoms with Gasteiger partial charge in [0.15, 0.2) is 0 Å². The summed E-state index contributed by atoms with van der Waals surface area (Å²) in [5.74, 6) is 0.293. The zero-order chi connectivity index (χ0) is 7.40. The van der Waals surface area contributed by atoms with Crippen LogP contribution in [0, 0.1) is 6.42 Å². The van der Waals surface area contributed by atoms with E-state index in [1.807, 2.05) is 18.6 Å². The van der Waals surface area contributed by atoms with Gasteiger partial charge in [-0.2, -0.15) is 0 Å². The first-order valence-corrected chi connectivity index (χ1v) is 3.08. The van der Waals surface area contributed by atoms with E-state index in [2.05, 4.69) is 6.58 Å². The summed E-state index contributed by atoms with van der Waals surface area (Å²) >= 11 is 0. The number of hydrogen-bond acceptors (Lipinski definition) is 1. The van der Waals surface area contributed by atoms with E-state index in [-0.39, 0.29) is 51.4 Å². The second-order valence-electron chi connectivity index (χ2n) is 1.99. The Morgan fingerprint density at radius 1 is 1.18 bits per heavy atom. The molecule has 51 valence electrons. The first-order valence-electron chi connectivity index (χ1n) is 3.08. The molecule has 1 radical (unpaired) electrons. The van der Waals surface area contributed by atoms with Crippen molar-refractivity contribution < 1.29 is 56.5 Å². The van der Waals surface area contributed by atoms with Crippen LogP contribution in [0.4, 0.5) is 0 Å². The Hall–Kier alpha value is 0.396. The molecule has 1 aromatic carbocycles. The first-order chi connectivity index (χ1) is 4.83. The number of phenolic OH excluding ortho intramolecular Hbond substituents is 1. The molecule has 0 amide bonds. The van der Waals surface area contributed by atoms with Crippen LogP contribution in [0.1, 0.15) is 5.56 Å². The molecule has 1 N–H and O–H groups in total. The van der Waals surface area contributed by atoms with E-state index in [1.165, 1.54) is 0 Å². The quantitative estimate of drug-likeness (QED) is 0.575. The average molecular weight is 172 g/mol. The van der Waals surface area contributed by atoms with E-state index >= 15 is 0 Å². The molecular weight excluding hydrogens is 163 g/mol. The summed E-state index contributed by atoms with van der Waals surface area (Å²) in [7, 11) is 0. The molecule has 0 spiro atoms. The summed E-state index contributed by atoms with van der Waals surface area (Å²) in [5.41, 5.74) is 1.05. The molecule has 1 aromatic rings. The maximum atomic E-state index is 8.89. The molecular formula is C9H9KO+. The Bertz CT molecular complexity index is 216. The van der Waals surface area contributed by atoms with Gasteiger partial charge in [-0.25, -0.2) is 0 Å². The molecule has 0 aromatic heterocycles. The van der Waals surface area contributed by atoms with Gasteiger partial charge < -0.3 is 5.11 Å².